The zero-order valence-corrected chi connectivity index (χ0v) is 14.7. The number of piperidine rings is 1. The standard InChI is InChI=1S/C19H28FN3O2/c20-15-6-7-16-17(5-2-11-25-18(16)12-15)22-8-3-10-23-9-1-4-14(13-23)19(21)24/h6-7,12,14,17,22H,1-5,8-11,13H2,(H2,21,24)/t14-,17+/m1/s1. The predicted molar refractivity (Wildman–Crippen MR) is 94.8 cm³/mol. The molecule has 2 heterocycles. The number of likely N-dealkylation sites (tertiary alicyclic amines) is 1. The fraction of sp³-hybridized carbons (Fsp3) is 0.632. The van der Waals surface area contributed by atoms with Crippen LogP contribution in [0.4, 0.5) is 4.39 Å². The van der Waals surface area contributed by atoms with Crippen LogP contribution in [0.1, 0.15) is 43.7 Å². The van der Waals surface area contributed by atoms with E-state index in [2.05, 4.69) is 10.2 Å². The highest BCUT2D eigenvalue weighted by Gasteiger charge is 2.24. The Labute approximate surface area is 148 Å². The number of carbonyl (C=O) groups is 1. The number of hydrogen-bond donors (Lipinski definition) is 2. The minimum Gasteiger partial charge on any atom is -0.493 e. The number of halogens is 1. The number of primary amides is 1. The molecule has 1 saturated heterocycles. The van der Waals surface area contributed by atoms with Gasteiger partial charge >= 0.3 is 0 Å². The number of amides is 1. The van der Waals surface area contributed by atoms with Gasteiger partial charge in [0, 0.05) is 24.2 Å². The van der Waals surface area contributed by atoms with E-state index in [-0.39, 0.29) is 23.7 Å². The molecule has 0 saturated carbocycles. The van der Waals surface area contributed by atoms with Crippen molar-refractivity contribution in [2.45, 2.75) is 38.1 Å². The van der Waals surface area contributed by atoms with E-state index >= 15 is 0 Å². The van der Waals surface area contributed by atoms with Crippen molar-refractivity contribution >= 4 is 5.91 Å². The van der Waals surface area contributed by atoms with Gasteiger partial charge in [-0.05, 0) is 57.8 Å². The summed E-state index contributed by atoms with van der Waals surface area (Å²) in [6.45, 7) is 4.32. The maximum Gasteiger partial charge on any atom is 0.221 e. The quantitative estimate of drug-likeness (QED) is 0.773. The highest BCUT2D eigenvalue weighted by Crippen LogP contribution is 2.32. The van der Waals surface area contributed by atoms with Gasteiger partial charge < -0.3 is 20.7 Å². The highest BCUT2D eigenvalue weighted by atomic mass is 19.1. The minimum absolute atomic E-state index is 0.00230. The van der Waals surface area contributed by atoms with Crippen molar-refractivity contribution in [1.82, 2.24) is 10.2 Å². The normalized spacial score (nSPS) is 24.2. The van der Waals surface area contributed by atoms with E-state index in [1.54, 1.807) is 0 Å². The van der Waals surface area contributed by atoms with Crippen LogP contribution >= 0.6 is 0 Å². The number of rotatable bonds is 6. The molecule has 0 aliphatic carbocycles. The Kier molecular flexibility index (Phi) is 6.26. The molecule has 2 aliphatic heterocycles. The number of ether oxygens (including phenoxy) is 1. The van der Waals surface area contributed by atoms with Gasteiger partial charge in [-0.3, -0.25) is 4.79 Å². The fourth-order valence-electron chi connectivity index (χ4n) is 3.83. The van der Waals surface area contributed by atoms with Crippen molar-refractivity contribution in [3.05, 3.63) is 29.6 Å². The Morgan fingerprint density at radius 3 is 3.08 bits per heavy atom. The third kappa shape index (κ3) is 4.92. The number of nitrogens with zero attached hydrogens (tertiary/aromatic N) is 1. The van der Waals surface area contributed by atoms with Gasteiger partial charge in [-0.25, -0.2) is 4.39 Å². The molecule has 5 nitrogen and oxygen atoms in total. The van der Waals surface area contributed by atoms with Gasteiger partial charge in [0.1, 0.15) is 11.6 Å². The minimum atomic E-state index is -0.256. The van der Waals surface area contributed by atoms with E-state index in [0.29, 0.717) is 12.4 Å². The molecule has 1 aromatic carbocycles. The number of nitrogens with one attached hydrogen (secondary N) is 1. The molecule has 3 N–H and O–H groups in total. The first kappa shape index (κ1) is 18.1. The number of carbonyl (C=O) groups excluding carboxylic acids is 1. The third-order valence-electron chi connectivity index (χ3n) is 5.20. The van der Waals surface area contributed by atoms with Crippen LogP contribution < -0.4 is 15.8 Å². The monoisotopic (exact) mass is 349 g/mol. The van der Waals surface area contributed by atoms with Crippen LogP contribution in [0, 0.1) is 11.7 Å². The van der Waals surface area contributed by atoms with Crippen LogP contribution in [0.3, 0.4) is 0 Å². The number of benzene rings is 1. The number of hydrogen-bond acceptors (Lipinski definition) is 4. The van der Waals surface area contributed by atoms with Crippen LogP contribution in [0.2, 0.25) is 0 Å². The Morgan fingerprint density at radius 2 is 2.24 bits per heavy atom. The topological polar surface area (TPSA) is 67.6 Å². The molecule has 2 atom stereocenters. The number of fused-ring (bicyclic) bond motifs is 1. The second kappa shape index (κ2) is 8.63. The summed E-state index contributed by atoms with van der Waals surface area (Å²) in [5, 5.41) is 3.59. The zero-order chi connectivity index (χ0) is 17.6. The average molecular weight is 349 g/mol. The first-order valence-electron chi connectivity index (χ1n) is 9.31. The second-order valence-electron chi connectivity index (χ2n) is 7.08. The molecular formula is C19H28FN3O2. The largest absolute Gasteiger partial charge is 0.493 e. The SMILES string of the molecule is NC(=O)[C@@H]1CCCN(CCCN[C@H]2CCCOc3cc(F)ccc32)C1. The summed E-state index contributed by atoms with van der Waals surface area (Å²) in [5.41, 5.74) is 6.48. The van der Waals surface area contributed by atoms with Crippen molar-refractivity contribution in [2.24, 2.45) is 11.7 Å². The van der Waals surface area contributed by atoms with Crippen molar-refractivity contribution in [2.75, 3.05) is 32.8 Å². The van der Waals surface area contributed by atoms with Crippen molar-refractivity contribution in [3.63, 3.8) is 0 Å². The zero-order valence-electron chi connectivity index (χ0n) is 14.7. The van der Waals surface area contributed by atoms with Gasteiger partial charge in [0.25, 0.3) is 0 Å². The van der Waals surface area contributed by atoms with E-state index in [4.69, 9.17) is 10.5 Å². The van der Waals surface area contributed by atoms with Gasteiger partial charge in [-0.2, -0.15) is 0 Å². The van der Waals surface area contributed by atoms with E-state index in [9.17, 15) is 9.18 Å². The Balaban J connectivity index is 1.47. The molecule has 1 aromatic rings. The Bertz CT molecular complexity index is 596. The Hall–Kier alpha value is -1.66. The maximum absolute atomic E-state index is 13.4. The summed E-state index contributed by atoms with van der Waals surface area (Å²) in [7, 11) is 0. The van der Waals surface area contributed by atoms with E-state index in [0.717, 1.165) is 63.8 Å². The lowest BCUT2D eigenvalue weighted by atomic mass is 9.97. The van der Waals surface area contributed by atoms with Gasteiger partial charge in [-0.15, -0.1) is 0 Å². The summed E-state index contributed by atoms with van der Waals surface area (Å²) in [4.78, 5) is 13.7. The molecule has 0 radical (unpaired) electrons. The smallest absolute Gasteiger partial charge is 0.221 e. The van der Waals surface area contributed by atoms with Crippen molar-refractivity contribution in [1.29, 1.82) is 0 Å². The summed E-state index contributed by atoms with van der Waals surface area (Å²) < 4.78 is 19.1. The van der Waals surface area contributed by atoms with E-state index in [1.165, 1.54) is 12.1 Å². The summed E-state index contributed by atoms with van der Waals surface area (Å²) in [5.74, 6) is 0.233. The molecule has 2 aliphatic rings. The van der Waals surface area contributed by atoms with Gasteiger partial charge in [0.05, 0.1) is 12.5 Å². The van der Waals surface area contributed by atoms with Gasteiger partial charge in [0.15, 0.2) is 0 Å². The lowest BCUT2D eigenvalue weighted by Crippen LogP contribution is -2.42. The molecule has 25 heavy (non-hydrogen) atoms. The summed E-state index contributed by atoms with van der Waals surface area (Å²) >= 11 is 0. The summed E-state index contributed by atoms with van der Waals surface area (Å²) in [6, 6.07) is 5.01. The Morgan fingerprint density at radius 1 is 1.36 bits per heavy atom. The van der Waals surface area contributed by atoms with Crippen LogP contribution in [0.25, 0.3) is 0 Å². The molecule has 138 valence electrons. The lowest BCUT2D eigenvalue weighted by Gasteiger charge is -2.31. The van der Waals surface area contributed by atoms with Crippen LogP contribution in [-0.2, 0) is 4.79 Å². The average Bonchev–Trinajstić information content (AvgIpc) is 2.80. The molecule has 1 amide bonds. The lowest BCUT2D eigenvalue weighted by molar-refractivity contribution is -0.123. The molecule has 0 unspecified atom stereocenters. The molecule has 6 heteroatoms. The molecule has 1 fully saturated rings. The van der Waals surface area contributed by atoms with E-state index < -0.39 is 0 Å². The van der Waals surface area contributed by atoms with Crippen LogP contribution in [0.15, 0.2) is 18.2 Å². The van der Waals surface area contributed by atoms with Crippen molar-refractivity contribution < 1.29 is 13.9 Å². The fourth-order valence-corrected chi connectivity index (χ4v) is 3.83. The third-order valence-corrected chi connectivity index (χ3v) is 5.20. The molecule has 0 aromatic heterocycles. The maximum atomic E-state index is 13.4. The second-order valence-corrected chi connectivity index (χ2v) is 7.08. The molecule has 3 rings (SSSR count). The first-order chi connectivity index (χ1) is 12.1. The first-order valence-corrected chi connectivity index (χ1v) is 9.31. The predicted octanol–water partition coefficient (Wildman–Crippen LogP) is 2.22. The van der Waals surface area contributed by atoms with Gasteiger partial charge in [-0.1, -0.05) is 6.07 Å². The number of nitrogens with two attached hydrogens (primary N) is 1. The molecular weight excluding hydrogens is 321 g/mol. The van der Waals surface area contributed by atoms with Crippen LogP contribution in [-0.4, -0.2) is 43.6 Å². The highest BCUT2D eigenvalue weighted by molar-refractivity contribution is 5.76. The molecule has 0 spiro atoms. The molecule has 0 bridgehead atoms. The van der Waals surface area contributed by atoms with Crippen LogP contribution in [0.5, 0.6) is 5.75 Å². The van der Waals surface area contributed by atoms with Crippen molar-refractivity contribution in [3.8, 4) is 5.75 Å². The van der Waals surface area contributed by atoms with Gasteiger partial charge in [0.2, 0.25) is 5.91 Å². The summed E-state index contributed by atoms with van der Waals surface area (Å²) in [6.07, 6.45) is 4.92. The van der Waals surface area contributed by atoms with E-state index in [1.807, 2.05) is 6.07 Å².